The first-order chi connectivity index (χ1) is 21.8. The summed E-state index contributed by atoms with van der Waals surface area (Å²) in [6.07, 6.45) is 3.94. The maximum atomic E-state index is 14.3. The summed E-state index contributed by atoms with van der Waals surface area (Å²) >= 11 is 0. The first-order valence-electron chi connectivity index (χ1n) is 17.0. The minimum atomic E-state index is -0.856. The summed E-state index contributed by atoms with van der Waals surface area (Å²) in [4.78, 5) is 46.3. The standard InChI is InChI=1S/C37H52N4O5/c1-7-8-17-40(29-11-9-10-26(21-29)25-41(4,5)6)33(42)24-39-23-30(27-12-13-32-28(22-27)15-20-46-32)34(35(43)44)31(39)14-18-38-19-16-37(2,3)36(38)45/h9-13,21-22,30-31,34H,7-8,14-20,23-25H2,1-6H3/p+1/t30-,31+,34?/m1/s1. The summed E-state index contributed by atoms with van der Waals surface area (Å²) in [5, 5.41) is 10.7. The van der Waals surface area contributed by atoms with Crippen LogP contribution < -0.4 is 9.64 Å². The van der Waals surface area contributed by atoms with Crippen molar-refractivity contribution in [3.63, 3.8) is 0 Å². The van der Waals surface area contributed by atoms with E-state index in [9.17, 15) is 19.5 Å². The quantitative estimate of drug-likeness (QED) is 0.320. The third-order valence-corrected chi connectivity index (χ3v) is 10.00. The van der Waals surface area contributed by atoms with E-state index in [1.54, 1.807) is 0 Å². The number of carboxylic acid groups (broad SMARTS) is 1. The Labute approximate surface area is 274 Å². The zero-order chi connectivity index (χ0) is 33.2. The molecule has 250 valence electrons. The van der Waals surface area contributed by atoms with Gasteiger partial charge in [-0.2, -0.15) is 0 Å². The molecule has 2 aromatic rings. The van der Waals surface area contributed by atoms with Gasteiger partial charge in [-0.3, -0.25) is 19.3 Å². The second kappa shape index (κ2) is 13.7. The molecule has 1 unspecified atom stereocenters. The van der Waals surface area contributed by atoms with Gasteiger partial charge >= 0.3 is 5.97 Å². The molecule has 46 heavy (non-hydrogen) atoms. The van der Waals surface area contributed by atoms with Gasteiger partial charge in [0, 0.05) is 61.2 Å². The second-order valence-electron chi connectivity index (χ2n) is 15.2. The van der Waals surface area contributed by atoms with Crippen LogP contribution in [0.5, 0.6) is 5.75 Å². The maximum Gasteiger partial charge on any atom is 0.308 e. The molecule has 3 aliphatic heterocycles. The van der Waals surface area contributed by atoms with Gasteiger partial charge in [0.15, 0.2) is 0 Å². The van der Waals surface area contributed by atoms with Crippen molar-refractivity contribution in [2.45, 2.75) is 71.4 Å². The Hall–Kier alpha value is -3.43. The van der Waals surface area contributed by atoms with E-state index < -0.39 is 17.3 Å². The lowest BCUT2D eigenvalue weighted by atomic mass is 9.83. The number of likely N-dealkylation sites (tertiary alicyclic amines) is 2. The van der Waals surface area contributed by atoms with E-state index in [2.05, 4.69) is 51.2 Å². The van der Waals surface area contributed by atoms with Crippen LogP contribution in [-0.2, 0) is 27.3 Å². The summed E-state index contributed by atoms with van der Waals surface area (Å²) < 4.78 is 6.51. The van der Waals surface area contributed by atoms with Crippen molar-refractivity contribution in [1.29, 1.82) is 0 Å². The van der Waals surface area contributed by atoms with Gasteiger partial charge in [-0.15, -0.1) is 0 Å². The molecule has 3 atom stereocenters. The monoisotopic (exact) mass is 633 g/mol. The first kappa shape index (κ1) is 33.9. The minimum absolute atomic E-state index is 0.0219. The van der Waals surface area contributed by atoms with Gasteiger partial charge in [0.1, 0.15) is 12.3 Å². The van der Waals surface area contributed by atoms with Crippen LogP contribution in [0.3, 0.4) is 0 Å². The maximum absolute atomic E-state index is 14.3. The molecular formula is C37H53N4O5+. The largest absolute Gasteiger partial charge is 0.493 e. The summed E-state index contributed by atoms with van der Waals surface area (Å²) in [6, 6.07) is 13.9. The van der Waals surface area contributed by atoms with Crippen molar-refractivity contribution < 1.29 is 28.7 Å². The lowest BCUT2D eigenvalue weighted by molar-refractivity contribution is -0.884. The molecule has 9 nitrogen and oxygen atoms in total. The van der Waals surface area contributed by atoms with Crippen LogP contribution in [0.25, 0.3) is 0 Å². The predicted molar refractivity (Wildman–Crippen MR) is 180 cm³/mol. The number of amides is 2. The molecule has 0 spiro atoms. The zero-order valence-electron chi connectivity index (χ0n) is 28.6. The minimum Gasteiger partial charge on any atom is -0.493 e. The molecule has 3 heterocycles. The molecule has 2 amide bonds. The van der Waals surface area contributed by atoms with E-state index in [1.807, 2.05) is 47.9 Å². The highest BCUT2D eigenvalue weighted by atomic mass is 16.5. The van der Waals surface area contributed by atoms with E-state index in [0.29, 0.717) is 39.2 Å². The molecule has 0 aromatic heterocycles. The van der Waals surface area contributed by atoms with Gasteiger partial charge in [-0.25, -0.2) is 0 Å². The van der Waals surface area contributed by atoms with E-state index in [0.717, 1.165) is 59.3 Å². The molecule has 5 rings (SSSR count). The Kier molecular flexibility index (Phi) is 10.1. The van der Waals surface area contributed by atoms with Crippen molar-refractivity contribution in [2.24, 2.45) is 11.3 Å². The third kappa shape index (κ3) is 7.58. The van der Waals surface area contributed by atoms with Crippen molar-refractivity contribution in [1.82, 2.24) is 9.80 Å². The number of nitrogens with zero attached hydrogens (tertiary/aromatic N) is 4. The van der Waals surface area contributed by atoms with Crippen molar-refractivity contribution in [3.05, 3.63) is 59.2 Å². The number of carbonyl (C=O) groups is 3. The first-order valence-corrected chi connectivity index (χ1v) is 17.0. The molecular weight excluding hydrogens is 580 g/mol. The summed E-state index contributed by atoms with van der Waals surface area (Å²) in [5.41, 5.74) is 3.74. The third-order valence-electron chi connectivity index (χ3n) is 10.00. The van der Waals surface area contributed by atoms with Crippen molar-refractivity contribution in [2.75, 3.05) is 65.4 Å². The number of carboxylic acids is 1. The van der Waals surface area contributed by atoms with E-state index in [-0.39, 0.29) is 30.3 Å². The zero-order valence-corrected chi connectivity index (χ0v) is 28.6. The molecule has 2 saturated heterocycles. The number of carbonyl (C=O) groups excluding carboxylic acids is 2. The second-order valence-corrected chi connectivity index (χ2v) is 15.2. The van der Waals surface area contributed by atoms with E-state index in [4.69, 9.17) is 4.74 Å². The molecule has 0 saturated carbocycles. The van der Waals surface area contributed by atoms with Gasteiger partial charge in [0.2, 0.25) is 11.8 Å². The Morgan fingerprint density at radius 3 is 2.59 bits per heavy atom. The molecule has 1 N–H and O–H groups in total. The fourth-order valence-corrected chi connectivity index (χ4v) is 7.52. The van der Waals surface area contributed by atoms with Crippen LogP contribution in [0.15, 0.2) is 42.5 Å². The van der Waals surface area contributed by atoms with Crippen molar-refractivity contribution in [3.8, 4) is 5.75 Å². The summed E-state index contributed by atoms with van der Waals surface area (Å²) in [5.74, 6) is -0.863. The molecule has 9 heteroatoms. The van der Waals surface area contributed by atoms with Gasteiger partial charge < -0.3 is 24.1 Å². The normalized spacial score (nSPS) is 22.6. The van der Waals surface area contributed by atoms with Crippen LogP contribution in [0, 0.1) is 11.3 Å². The topological polar surface area (TPSA) is 90.4 Å². The Morgan fingerprint density at radius 1 is 1.13 bits per heavy atom. The number of unbranched alkanes of at least 4 members (excludes halogenated alkanes) is 1. The summed E-state index contributed by atoms with van der Waals surface area (Å²) in [6.45, 7) is 9.92. The number of rotatable bonds is 13. The fraction of sp³-hybridized carbons (Fsp3) is 0.595. The average Bonchev–Trinajstić information content (AvgIpc) is 3.67. The summed E-state index contributed by atoms with van der Waals surface area (Å²) in [7, 11) is 6.46. The van der Waals surface area contributed by atoms with Gasteiger partial charge in [-0.1, -0.05) is 51.5 Å². The number of hydrogen-bond donors (Lipinski definition) is 1. The van der Waals surface area contributed by atoms with E-state index >= 15 is 0 Å². The molecule has 0 bridgehead atoms. The molecule has 3 aliphatic rings. The molecule has 0 aliphatic carbocycles. The van der Waals surface area contributed by atoms with Crippen LogP contribution in [0.4, 0.5) is 5.69 Å². The molecule has 0 radical (unpaired) electrons. The SMILES string of the molecule is CCCCN(C(=O)CN1C[C@H](c2ccc3c(c2)CCO3)C(C(=O)O)[C@@H]1CCN1CCC(C)(C)C1=O)c1cccc(C[N+](C)(C)C)c1. The lowest BCUT2D eigenvalue weighted by Gasteiger charge is -2.31. The van der Waals surface area contributed by atoms with Gasteiger partial charge in [-0.05, 0) is 48.6 Å². The average molecular weight is 634 g/mol. The Morgan fingerprint density at radius 2 is 1.91 bits per heavy atom. The van der Waals surface area contributed by atoms with Crippen LogP contribution in [-0.4, -0.2) is 104 Å². The highest BCUT2D eigenvalue weighted by molar-refractivity contribution is 5.95. The highest BCUT2D eigenvalue weighted by Crippen LogP contribution is 2.42. The van der Waals surface area contributed by atoms with E-state index in [1.165, 1.54) is 5.56 Å². The fourth-order valence-electron chi connectivity index (χ4n) is 7.52. The number of anilines is 1. The lowest BCUT2D eigenvalue weighted by Crippen LogP contribution is -2.46. The van der Waals surface area contributed by atoms with Crippen molar-refractivity contribution >= 4 is 23.5 Å². The van der Waals surface area contributed by atoms with Gasteiger partial charge in [0.25, 0.3) is 0 Å². The number of hydrogen-bond acceptors (Lipinski definition) is 5. The molecule has 2 aromatic carbocycles. The van der Waals surface area contributed by atoms with Gasteiger partial charge in [0.05, 0.1) is 40.2 Å². The number of fused-ring (bicyclic) bond motifs is 1. The molecule has 2 fully saturated rings. The van der Waals surface area contributed by atoms with Crippen LogP contribution >= 0.6 is 0 Å². The number of ether oxygens (including phenoxy) is 1. The number of quaternary nitrogens is 1. The number of aliphatic carboxylic acids is 1. The number of benzene rings is 2. The van der Waals surface area contributed by atoms with Crippen LogP contribution in [0.2, 0.25) is 0 Å². The smallest absolute Gasteiger partial charge is 0.308 e. The predicted octanol–water partition coefficient (Wildman–Crippen LogP) is 4.78. The highest BCUT2D eigenvalue weighted by Gasteiger charge is 2.48. The Balaban J connectivity index is 1.43. The Bertz CT molecular complexity index is 1430. The van der Waals surface area contributed by atoms with Crippen LogP contribution in [0.1, 0.15) is 69.1 Å².